The Labute approximate surface area is 120 Å². The molecule has 2 rings (SSSR count). The monoisotopic (exact) mass is 276 g/mol. The normalized spacial score (nSPS) is 22.6. The second-order valence-electron chi connectivity index (χ2n) is 6.07. The zero-order chi connectivity index (χ0) is 14.9. The van der Waals surface area contributed by atoms with Gasteiger partial charge in [0, 0.05) is 38.6 Å². The van der Waals surface area contributed by atoms with E-state index in [0.717, 1.165) is 18.7 Å². The van der Waals surface area contributed by atoms with Crippen LogP contribution in [0.1, 0.15) is 32.4 Å². The van der Waals surface area contributed by atoms with E-state index in [1.54, 1.807) is 11.1 Å². The van der Waals surface area contributed by atoms with Crippen LogP contribution in [-0.4, -0.2) is 52.4 Å². The van der Waals surface area contributed by atoms with Crippen LogP contribution < -0.4 is 5.73 Å². The van der Waals surface area contributed by atoms with Gasteiger partial charge in [-0.05, 0) is 32.4 Å². The molecular weight excluding hydrogens is 252 g/mol. The van der Waals surface area contributed by atoms with Crippen LogP contribution in [0.3, 0.4) is 0 Å². The summed E-state index contributed by atoms with van der Waals surface area (Å²) in [6, 6.07) is 3.86. The lowest BCUT2D eigenvalue weighted by molar-refractivity contribution is -0.150. The summed E-state index contributed by atoms with van der Waals surface area (Å²) in [5.74, 6) is 0.137. The zero-order valence-electron chi connectivity index (χ0n) is 12.7. The molecule has 110 valence electrons. The molecule has 1 aliphatic rings. The van der Waals surface area contributed by atoms with E-state index in [-0.39, 0.29) is 18.0 Å². The standard InChI is InChI=1S/C15H24N4O/c1-11(16)13(12-6-5-7-17-10-12)19-9-8-18(4)14(20)15(19,2)3/h5-7,10-11,13H,8-9,16H2,1-4H3. The Morgan fingerprint density at radius 1 is 1.40 bits per heavy atom. The van der Waals surface area contributed by atoms with Gasteiger partial charge in [0.2, 0.25) is 5.91 Å². The summed E-state index contributed by atoms with van der Waals surface area (Å²) >= 11 is 0. The van der Waals surface area contributed by atoms with E-state index in [0.29, 0.717) is 0 Å². The summed E-state index contributed by atoms with van der Waals surface area (Å²) in [4.78, 5) is 20.6. The molecule has 0 radical (unpaired) electrons. The lowest BCUT2D eigenvalue weighted by Crippen LogP contribution is -2.64. The topological polar surface area (TPSA) is 62.5 Å². The number of amides is 1. The van der Waals surface area contributed by atoms with Crippen LogP contribution in [0.5, 0.6) is 0 Å². The molecule has 1 fully saturated rings. The summed E-state index contributed by atoms with van der Waals surface area (Å²) in [5, 5.41) is 0. The van der Waals surface area contributed by atoms with Gasteiger partial charge in [-0.25, -0.2) is 0 Å². The van der Waals surface area contributed by atoms with Crippen molar-refractivity contribution >= 4 is 5.91 Å². The van der Waals surface area contributed by atoms with E-state index in [2.05, 4.69) is 9.88 Å². The van der Waals surface area contributed by atoms with Gasteiger partial charge >= 0.3 is 0 Å². The Balaban J connectivity index is 2.38. The molecule has 5 nitrogen and oxygen atoms in total. The van der Waals surface area contributed by atoms with Crippen molar-refractivity contribution in [3.63, 3.8) is 0 Å². The van der Waals surface area contributed by atoms with E-state index in [1.165, 1.54) is 0 Å². The SMILES string of the molecule is CC(N)C(c1cccnc1)N1CCN(C)C(=O)C1(C)C. The molecule has 2 N–H and O–H groups in total. The van der Waals surface area contributed by atoms with E-state index >= 15 is 0 Å². The fourth-order valence-corrected chi connectivity index (χ4v) is 3.03. The molecule has 1 aromatic heterocycles. The lowest BCUT2D eigenvalue weighted by atomic mass is 9.90. The van der Waals surface area contributed by atoms with Crippen molar-refractivity contribution in [1.82, 2.24) is 14.8 Å². The average Bonchev–Trinajstić information content (AvgIpc) is 2.40. The number of hydrogen-bond acceptors (Lipinski definition) is 4. The molecule has 1 saturated heterocycles. The van der Waals surface area contributed by atoms with Crippen LogP contribution in [0.15, 0.2) is 24.5 Å². The van der Waals surface area contributed by atoms with Gasteiger partial charge in [-0.1, -0.05) is 6.07 Å². The number of hydrogen-bond donors (Lipinski definition) is 1. The number of nitrogens with two attached hydrogens (primary N) is 1. The molecule has 2 atom stereocenters. The first-order valence-electron chi connectivity index (χ1n) is 7.03. The summed E-state index contributed by atoms with van der Waals surface area (Å²) in [5.41, 5.74) is 6.71. The van der Waals surface area contributed by atoms with Gasteiger partial charge < -0.3 is 10.6 Å². The fraction of sp³-hybridized carbons (Fsp3) is 0.600. The molecule has 0 aromatic carbocycles. The van der Waals surface area contributed by atoms with Crippen LogP contribution in [-0.2, 0) is 4.79 Å². The van der Waals surface area contributed by atoms with Gasteiger partial charge in [-0.3, -0.25) is 14.7 Å². The maximum Gasteiger partial charge on any atom is 0.242 e. The summed E-state index contributed by atoms with van der Waals surface area (Å²) in [6.45, 7) is 7.46. The van der Waals surface area contributed by atoms with E-state index in [9.17, 15) is 4.79 Å². The molecule has 20 heavy (non-hydrogen) atoms. The Morgan fingerprint density at radius 3 is 2.65 bits per heavy atom. The Bertz CT molecular complexity index is 472. The van der Waals surface area contributed by atoms with Crippen LogP contribution in [0, 0.1) is 0 Å². The highest BCUT2D eigenvalue weighted by molar-refractivity contribution is 5.86. The first-order chi connectivity index (χ1) is 9.35. The number of pyridine rings is 1. The molecule has 0 saturated carbocycles. The Morgan fingerprint density at radius 2 is 2.10 bits per heavy atom. The summed E-state index contributed by atoms with van der Waals surface area (Å²) < 4.78 is 0. The van der Waals surface area contributed by atoms with E-state index < -0.39 is 5.54 Å². The predicted octanol–water partition coefficient (Wildman–Crippen LogP) is 1.02. The van der Waals surface area contributed by atoms with Gasteiger partial charge in [-0.2, -0.15) is 0 Å². The molecule has 0 bridgehead atoms. The predicted molar refractivity (Wildman–Crippen MR) is 79.0 cm³/mol. The van der Waals surface area contributed by atoms with Gasteiger partial charge in [0.25, 0.3) is 0 Å². The third kappa shape index (κ3) is 2.55. The van der Waals surface area contributed by atoms with Gasteiger partial charge in [0.05, 0.1) is 11.6 Å². The van der Waals surface area contributed by atoms with Crippen molar-refractivity contribution in [3.05, 3.63) is 30.1 Å². The molecule has 5 heteroatoms. The molecule has 0 aliphatic carbocycles. The van der Waals surface area contributed by atoms with E-state index in [1.807, 2.05) is 46.1 Å². The number of nitrogens with zero attached hydrogens (tertiary/aromatic N) is 3. The quantitative estimate of drug-likeness (QED) is 0.895. The highest BCUT2D eigenvalue weighted by atomic mass is 16.2. The molecule has 2 unspecified atom stereocenters. The van der Waals surface area contributed by atoms with Crippen molar-refractivity contribution in [1.29, 1.82) is 0 Å². The third-order valence-corrected chi connectivity index (χ3v) is 4.12. The minimum atomic E-state index is -0.554. The minimum Gasteiger partial charge on any atom is -0.343 e. The van der Waals surface area contributed by atoms with Crippen molar-refractivity contribution in [3.8, 4) is 0 Å². The van der Waals surface area contributed by atoms with Crippen molar-refractivity contribution in [2.75, 3.05) is 20.1 Å². The fourth-order valence-electron chi connectivity index (χ4n) is 3.03. The molecular formula is C15H24N4O. The van der Waals surface area contributed by atoms with Gasteiger partial charge in [0.15, 0.2) is 0 Å². The smallest absolute Gasteiger partial charge is 0.242 e. The molecule has 1 aliphatic heterocycles. The number of rotatable bonds is 3. The van der Waals surface area contributed by atoms with Crippen LogP contribution in [0.25, 0.3) is 0 Å². The van der Waals surface area contributed by atoms with Crippen molar-refractivity contribution < 1.29 is 4.79 Å². The Hall–Kier alpha value is -1.46. The number of piperazine rings is 1. The number of carbonyl (C=O) groups excluding carboxylic acids is 1. The largest absolute Gasteiger partial charge is 0.343 e. The molecule has 1 amide bonds. The molecule has 2 heterocycles. The zero-order valence-corrected chi connectivity index (χ0v) is 12.7. The maximum atomic E-state index is 12.4. The number of likely N-dealkylation sites (N-methyl/N-ethyl adjacent to an activating group) is 1. The Kier molecular flexibility index (Phi) is 4.11. The van der Waals surface area contributed by atoms with Crippen molar-refractivity contribution in [2.45, 2.75) is 38.4 Å². The number of aromatic nitrogens is 1. The molecule has 0 spiro atoms. The van der Waals surface area contributed by atoms with Crippen LogP contribution >= 0.6 is 0 Å². The minimum absolute atomic E-state index is 0.00338. The highest BCUT2D eigenvalue weighted by Crippen LogP contribution is 2.33. The second kappa shape index (κ2) is 5.50. The van der Waals surface area contributed by atoms with Crippen molar-refractivity contribution in [2.24, 2.45) is 5.73 Å². The highest BCUT2D eigenvalue weighted by Gasteiger charge is 2.44. The summed E-state index contributed by atoms with van der Waals surface area (Å²) in [6.07, 6.45) is 3.59. The van der Waals surface area contributed by atoms with Gasteiger partial charge in [0.1, 0.15) is 0 Å². The average molecular weight is 276 g/mol. The first kappa shape index (κ1) is 14.9. The maximum absolute atomic E-state index is 12.4. The van der Waals surface area contributed by atoms with E-state index in [4.69, 9.17) is 5.73 Å². The van der Waals surface area contributed by atoms with Gasteiger partial charge in [-0.15, -0.1) is 0 Å². The molecule has 1 aromatic rings. The summed E-state index contributed by atoms with van der Waals surface area (Å²) in [7, 11) is 1.85. The van der Waals surface area contributed by atoms with Crippen LogP contribution in [0.4, 0.5) is 0 Å². The third-order valence-electron chi connectivity index (χ3n) is 4.12. The van der Waals surface area contributed by atoms with Crippen LogP contribution in [0.2, 0.25) is 0 Å². The first-order valence-corrected chi connectivity index (χ1v) is 7.03. The number of carbonyl (C=O) groups is 1. The lowest BCUT2D eigenvalue weighted by Gasteiger charge is -2.49. The second-order valence-corrected chi connectivity index (χ2v) is 6.07.